The van der Waals surface area contributed by atoms with Crippen molar-refractivity contribution in [1.29, 1.82) is 0 Å². The summed E-state index contributed by atoms with van der Waals surface area (Å²) in [6.07, 6.45) is 0.615. The second kappa shape index (κ2) is 4.34. The molecule has 0 atom stereocenters. The van der Waals surface area contributed by atoms with Gasteiger partial charge in [0.15, 0.2) is 0 Å². The first-order valence-corrected chi connectivity index (χ1v) is 5.75. The Morgan fingerprint density at radius 2 is 2.18 bits per heavy atom. The summed E-state index contributed by atoms with van der Waals surface area (Å²) in [5.74, 6) is -1.03. The number of carboxylic acid groups (broad SMARTS) is 1. The Bertz CT molecular complexity index is 608. The number of aromatic nitrogens is 1. The fourth-order valence-corrected chi connectivity index (χ4v) is 2.33. The van der Waals surface area contributed by atoms with Gasteiger partial charge < -0.3 is 5.11 Å². The maximum atomic E-state index is 11.2. The van der Waals surface area contributed by atoms with Crippen molar-refractivity contribution in [3.05, 3.63) is 40.0 Å². The number of benzene rings is 1. The van der Waals surface area contributed by atoms with Gasteiger partial charge in [0.05, 0.1) is 5.52 Å². The summed E-state index contributed by atoms with van der Waals surface area (Å²) in [5, 5.41) is 10.1. The van der Waals surface area contributed by atoms with Crippen LogP contribution in [0.3, 0.4) is 0 Å². The molecule has 0 bridgehead atoms. The average molecular weight is 250 g/mol. The molecule has 0 saturated heterocycles. The van der Waals surface area contributed by atoms with Crippen LogP contribution in [0.15, 0.2) is 18.2 Å². The third kappa shape index (κ3) is 1.87. The topological polar surface area (TPSA) is 50.2 Å². The minimum Gasteiger partial charge on any atom is -0.478 e. The number of carboxylic acids is 1. The van der Waals surface area contributed by atoms with E-state index in [0.717, 1.165) is 22.0 Å². The molecule has 2 rings (SSSR count). The highest BCUT2D eigenvalue weighted by Gasteiger charge is 2.18. The Hall–Kier alpha value is -1.61. The fraction of sp³-hybridized carbons (Fsp3) is 0.231. The second-order valence-corrected chi connectivity index (χ2v) is 4.24. The predicted octanol–water partition coefficient (Wildman–Crippen LogP) is 3.46. The summed E-state index contributed by atoms with van der Waals surface area (Å²) in [6, 6.07) is 5.72. The van der Waals surface area contributed by atoms with Crippen molar-refractivity contribution >= 4 is 28.5 Å². The Morgan fingerprint density at radius 3 is 2.76 bits per heavy atom. The molecule has 4 heteroatoms. The minimum absolute atomic E-state index is 0.0659. The number of carbonyl (C=O) groups is 1. The molecule has 3 nitrogen and oxygen atoms in total. The lowest BCUT2D eigenvalue weighted by Crippen LogP contribution is -2.06. The van der Waals surface area contributed by atoms with Gasteiger partial charge in [0.2, 0.25) is 0 Å². The summed E-state index contributed by atoms with van der Waals surface area (Å²) in [7, 11) is 0. The summed E-state index contributed by atoms with van der Waals surface area (Å²) in [5.41, 5.74) is 2.64. The second-order valence-electron chi connectivity index (χ2n) is 3.89. The van der Waals surface area contributed by atoms with Crippen molar-refractivity contribution < 1.29 is 9.90 Å². The standard InChI is InChI=1S/C13H12ClNO2/c1-3-8-9-6-4-5-7(2)11(9)15-12(14)10(8)13(16)17/h4-6H,3H2,1-2H3,(H,16,17). The molecule has 1 aromatic carbocycles. The zero-order valence-corrected chi connectivity index (χ0v) is 10.4. The number of halogens is 1. The van der Waals surface area contributed by atoms with E-state index in [0.29, 0.717) is 6.42 Å². The van der Waals surface area contributed by atoms with E-state index in [1.54, 1.807) is 0 Å². The molecule has 2 aromatic rings. The Balaban J connectivity index is 2.95. The zero-order valence-electron chi connectivity index (χ0n) is 9.62. The van der Waals surface area contributed by atoms with Gasteiger partial charge >= 0.3 is 5.97 Å². The minimum atomic E-state index is -1.03. The first-order valence-electron chi connectivity index (χ1n) is 5.37. The van der Waals surface area contributed by atoms with Gasteiger partial charge in [0, 0.05) is 5.39 Å². The van der Waals surface area contributed by atoms with Gasteiger partial charge in [-0.3, -0.25) is 0 Å². The van der Waals surface area contributed by atoms with E-state index in [2.05, 4.69) is 4.98 Å². The average Bonchev–Trinajstić information content (AvgIpc) is 2.28. The highest BCUT2D eigenvalue weighted by atomic mass is 35.5. The molecule has 0 radical (unpaired) electrons. The van der Waals surface area contributed by atoms with Crippen LogP contribution in [-0.2, 0) is 6.42 Å². The summed E-state index contributed by atoms with van der Waals surface area (Å²) in [4.78, 5) is 15.4. The van der Waals surface area contributed by atoms with Crippen LogP contribution in [0.4, 0.5) is 0 Å². The van der Waals surface area contributed by atoms with E-state index in [1.165, 1.54) is 0 Å². The highest BCUT2D eigenvalue weighted by Crippen LogP contribution is 2.28. The smallest absolute Gasteiger partial charge is 0.339 e. The van der Waals surface area contributed by atoms with E-state index in [9.17, 15) is 9.90 Å². The molecule has 0 saturated carbocycles. The molecule has 88 valence electrons. The lowest BCUT2D eigenvalue weighted by atomic mass is 9.99. The van der Waals surface area contributed by atoms with Gasteiger partial charge in [-0.15, -0.1) is 0 Å². The normalized spacial score (nSPS) is 10.8. The molecule has 17 heavy (non-hydrogen) atoms. The molecular formula is C13H12ClNO2. The third-order valence-corrected chi connectivity index (χ3v) is 3.12. The van der Waals surface area contributed by atoms with Crippen LogP contribution >= 0.6 is 11.6 Å². The number of rotatable bonds is 2. The zero-order chi connectivity index (χ0) is 12.6. The Kier molecular flexibility index (Phi) is 3.03. The van der Waals surface area contributed by atoms with Gasteiger partial charge in [-0.25, -0.2) is 9.78 Å². The summed E-state index contributed by atoms with van der Waals surface area (Å²) in [6.45, 7) is 3.85. The third-order valence-electron chi connectivity index (χ3n) is 2.85. The molecule has 0 spiro atoms. The fourth-order valence-electron chi connectivity index (χ4n) is 2.05. The first-order chi connectivity index (χ1) is 8.06. The quantitative estimate of drug-likeness (QED) is 0.830. The van der Waals surface area contributed by atoms with Crippen molar-refractivity contribution in [2.45, 2.75) is 20.3 Å². The van der Waals surface area contributed by atoms with Gasteiger partial charge in [-0.1, -0.05) is 36.7 Å². The molecule has 1 N–H and O–H groups in total. The largest absolute Gasteiger partial charge is 0.478 e. The number of pyridine rings is 1. The Labute approximate surface area is 104 Å². The molecule has 1 heterocycles. The summed E-state index contributed by atoms with van der Waals surface area (Å²) >= 11 is 5.96. The molecule has 0 aliphatic heterocycles. The van der Waals surface area contributed by atoms with Crippen molar-refractivity contribution in [2.24, 2.45) is 0 Å². The molecule has 0 amide bonds. The number of nitrogens with zero attached hydrogens (tertiary/aromatic N) is 1. The molecule has 1 aromatic heterocycles. The van der Waals surface area contributed by atoms with Crippen LogP contribution in [0.1, 0.15) is 28.4 Å². The van der Waals surface area contributed by atoms with E-state index in [1.807, 2.05) is 32.0 Å². The monoisotopic (exact) mass is 249 g/mol. The highest BCUT2D eigenvalue weighted by molar-refractivity contribution is 6.33. The predicted molar refractivity (Wildman–Crippen MR) is 67.8 cm³/mol. The Morgan fingerprint density at radius 1 is 1.47 bits per heavy atom. The number of aryl methyl sites for hydroxylation is 2. The molecule has 0 aliphatic carbocycles. The van der Waals surface area contributed by atoms with Crippen LogP contribution in [0.2, 0.25) is 5.15 Å². The van der Waals surface area contributed by atoms with Crippen molar-refractivity contribution in [2.75, 3.05) is 0 Å². The van der Waals surface area contributed by atoms with Crippen LogP contribution in [-0.4, -0.2) is 16.1 Å². The van der Waals surface area contributed by atoms with Crippen LogP contribution in [0.5, 0.6) is 0 Å². The van der Waals surface area contributed by atoms with Gasteiger partial charge in [-0.2, -0.15) is 0 Å². The lowest BCUT2D eigenvalue weighted by molar-refractivity contribution is 0.0695. The maximum absolute atomic E-state index is 11.2. The SMILES string of the molecule is CCc1c(C(=O)O)c(Cl)nc2c(C)cccc12. The number of hydrogen-bond donors (Lipinski definition) is 1. The van der Waals surface area contributed by atoms with Crippen LogP contribution < -0.4 is 0 Å². The van der Waals surface area contributed by atoms with Crippen molar-refractivity contribution in [3.63, 3.8) is 0 Å². The van der Waals surface area contributed by atoms with Crippen molar-refractivity contribution in [3.8, 4) is 0 Å². The molecule has 0 aliphatic rings. The number of para-hydroxylation sites is 1. The molecular weight excluding hydrogens is 238 g/mol. The van der Waals surface area contributed by atoms with E-state index in [4.69, 9.17) is 11.6 Å². The lowest BCUT2D eigenvalue weighted by Gasteiger charge is -2.11. The maximum Gasteiger partial charge on any atom is 0.339 e. The summed E-state index contributed by atoms with van der Waals surface area (Å²) < 4.78 is 0. The van der Waals surface area contributed by atoms with Crippen LogP contribution in [0.25, 0.3) is 10.9 Å². The first kappa shape index (κ1) is 11.9. The van der Waals surface area contributed by atoms with Gasteiger partial charge in [0.25, 0.3) is 0 Å². The molecule has 0 fully saturated rings. The number of aromatic carboxylic acids is 1. The van der Waals surface area contributed by atoms with E-state index >= 15 is 0 Å². The van der Waals surface area contributed by atoms with Crippen molar-refractivity contribution in [1.82, 2.24) is 4.98 Å². The van der Waals surface area contributed by atoms with Crippen LogP contribution in [0, 0.1) is 6.92 Å². The number of hydrogen-bond acceptors (Lipinski definition) is 2. The van der Waals surface area contributed by atoms with E-state index in [-0.39, 0.29) is 10.7 Å². The number of fused-ring (bicyclic) bond motifs is 1. The molecule has 0 unspecified atom stereocenters. The van der Waals surface area contributed by atoms with E-state index < -0.39 is 5.97 Å². The van der Waals surface area contributed by atoms with Gasteiger partial charge in [0.1, 0.15) is 10.7 Å². The van der Waals surface area contributed by atoms with Gasteiger partial charge in [-0.05, 0) is 24.5 Å².